The highest BCUT2D eigenvalue weighted by molar-refractivity contribution is 7.63. The Morgan fingerprint density at radius 2 is 1.72 bits per heavy atom. The SMILES string of the molecule is O=S(=O)=c1ccc(-c2ccc(OC3CN(Cc4nc(-c5ccccc5)no4)C3)cc2)c[nH]1. The highest BCUT2D eigenvalue weighted by atomic mass is 32.2. The van der Waals surface area contributed by atoms with Gasteiger partial charge in [0.15, 0.2) is 4.64 Å². The fraction of sp³-hybridized carbons (Fsp3) is 0.174. The zero-order valence-electron chi connectivity index (χ0n) is 17.0. The molecule has 1 saturated heterocycles. The topological polar surface area (TPSA) is 101 Å². The van der Waals surface area contributed by atoms with Gasteiger partial charge in [0.05, 0.1) is 6.54 Å². The van der Waals surface area contributed by atoms with Crippen LogP contribution in [0, 0.1) is 4.64 Å². The predicted octanol–water partition coefficient (Wildman–Crippen LogP) is 3.41. The number of pyridine rings is 1. The lowest BCUT2D eigenvalue weighted by atomic mass is 10.1. The molecule has 0 saturated carbocycles. The Hall–Kier alpha value is -3.69. The number of nitrogens with one attached hydrogen (secondary N) is 1. The predicted molar refractivity (Wildman–Crippen MR) is 118 cm³/mol. The van der Waals surface area contributed by atoms with E-state index in [-0.39, 0.29) is 10.7 Å². The quantitative estimate of drug-likeness (QED) is 0.451. The van der Waals surface area contributed by atoms with Crippen LogP contribution in [0.4, 0.5) is 0 Å². The molecule has 0 aliphatic carbocycles. The molecule has 3 heterocycles. The smallest absolute Gasteiger partial charge is 0.241 e. The average Bonchev–Trinajstić information content (AvgIpc) is 3.27. The average molecular weight is 449 g/mol. The number of hydrogen-bond acceptors (Lipinski definition) is 7. The Balaban J connectivity index is 1.14. The maximum Gasteiger partial charge on any atom is 0.241 e. The minimum atomic E-state index is -2.27. The molecule has 0 unspecified atom stereocenters. The van der Waals surface area contributed by atoms with Gasteiger partial charge in [-0.05, 0) is 35.4 Å². The summed E-state index contributed by atoms with van der Waals surface area (Å²) in [6, 6.07) is 20.8. The molecule has 1 aliphatic rings. The Morgan fingerprint density at radius 1 is 0.969 bits per heavy atom. The van der Waals surface area contributed by atoms with E-state index in [2.05, 4.69) is 20.0 Å². The molecule has 0 bridgehead atoms. The van der Waals surface area contributed by atoms with E-state index in [0.717, 1.165) is 35.5 Å². The van der Waals surface area contributed by atoms with Gasteiger partial charge in [-0.2, -0.15) is 13.4 Å². The second-order valence-corrected chi connectivity index (χ2v) is 8.42. The summed E-state index contributed by atoms with van der Waals surface area (Å²) in [5.74, 6) is 1.99. The lowest BCUT2D eigenvalue weighted by molar-refractivity contribution is 0.00864. The van der Waals surface area contributed by atoms with Gasteiger partial charge in [-0.3, -0.25) is 4.90 Å². The molecule has 5 rings (SSSR count). The molecule has 0 amide bonds. The van der Waals surface area contributed by atoms with Gasteiger partial charge < -0.3 is 14.2 Å². The van der Waals surface area contributed by atoms with Crippen LogP contribution in [-0.2, 0) is 16.8 Å². The zero-order valence-corrected chi connectivity index (χ0v) is 17.8. The van der Waals surface area contributed by atoms with Crippen molar-refractivity contribution in [2.24, 2.45) is 0 Å². The number of nitrogens with zero attached hydrogens (tertiary/aromatic N) is 3. The minimum absolute atomic E-state index is 0.108. The van der Waals surface area contributed by atoms with Crippen LogP contribution in [0.1, 0.15) is 5.89 Å². The highest BCUT2D eigenvalue weighted by Gasteiger charge is 2.29. The minimum Gasteiger partial charge on any atom is -0.488 e. The molecule has 0 radical (unpaired) electrons. The molecule has 1 N–H and O–H groups in total. The summed E-state index contributed by atoms with van der Waals surface area (Å²) in [6.45, 7) is 2.17. The van der Waals surface area contributed by atoms with Gasteiger partial charge >= 0.3 is 0 Å². The van der Waals surface area contributed by atoms with E-state index in [9.17, 15) is 8.42 Å². The van der Waals surface area contributed by atoms with E-state index >= 15 is 0 Å². The molecule has 162 valence electrons. The number of aromatic nitrogens is 3. The first-order valence-electron chi connectivity index (χ1n) is 10.1. The Morgan fingerprint density at radius 3 is 2.41 bits per heavy atom. The van der Waals surface area contributed by atoms with Crippen molar-refractivity contribution in [3.63, 3.8) is 0 Å². The van der Waals surface area contributed by atoms with Gasteiger partial charge in [0.25, 0.3) is 0 Å². The lowest BCUT2D eigenvalue weighted by Gasteiger charge is -2.38. The zero-order chi connectivity index (χ0) is 21.9. The van der Waals surface area contributed by atoms with Gasteiger partial charge in [-0.25, -0.2) is 0 Å². The summed E-state index contributed by atoms with van der Waals surface area (Å²) in [4.78, 5) is 9.43. The van der Waals surface area contributed by atoms with E-state index in [1.807, 2.05) is 54.6 Å². The normalized spacial score (nSPS) is 14.1. The molecule has 32 heavy (non-hydrogen) atoms. The standard InChI is InChI=1S/C23H20N4O4S/c28-32(29)22-11-8-18(12-24-22)16-6-9-19(10-7-16)30-20-13-27(14-20)15-21-25-23(26-31-21)17-4-2-1-3-5-17/h1-12,20,24H,13-15H2. The molecule has 2 aromatic carbocycles. The van der Waals surface area contributed by atoms with E-state index in [1.54, 1.807) is 12.3 Å². The van der Waals surface area contributed by atoms with Gasteiger partial charge in [0.1, 0.15) is 11.9 Å². The number of hydrogen-bond donors (Lipinski definition) is 1. The van der Waals surface area contributed by atoms with E-state index < -0.39 is 10.3 Å². The van der Waals surface area contributed by atoms with Crippen molar-refractivity contribution >= 4 is 10.3 Å². The van der Waals surface area contributed by atoms with Crippen LogP contribution in [0.5, 0.6) is 5.75 Å². The van der Waals surface area contributed by atoms with Crippen molar-refractivity contribution in [2.75, 3.05) is 13.1 Å². The van der Waals surface area contributed by atoms with Gasteiger partial charge in [-0.15, -0.1) is 0 Å². The Labute approximate surface area is 185 Å². The van der Waals surface area contributed by atoms with Crippen molar-refractivity contribution < 1.29 is 17.7 Å². The van der Waals surface area contributed by atoms with Crippen LogP contribution in [0.25, 0.3) is 22.5 Å². The fourth-order valence-electron chi connectivity index (χ4n) is 3.55. The number of ether oxygens (including phenoxy) is 1. The van der Waals surface area contributed by atoms with Crippen molar-refractivity contribution in [2.45, 2.75) is 12.6 Å². The molecule has 2 aromatic heterocycles. The molecular formula is C23H20N4O4S. The van der Waals surface area contributed by atoms with Gasteiger partial charge in [0.2, 0.25) is 22.0 Å². The van der Waals surface area contributed by atoms with Gasteiger partial charge in [-0.1, -0.05) is 47.6 Å². The summed E-state index contributed by atoms with van der Waals surface area (Å²) >= 11 is 0. The molecule has 0 spiro atoms. The van der Waals surface area contributed by atoms with Crippen molar-refractivity contribution in [1.82, 2.24) is 20.0 Å². The first kappa shape index (κ1) is 20.2. The molecule has 8 nitrogen and oxygen atoms in total. The van der Waals surface area contributed by atoms with Crippen LogP contribution in [0.2, 0.25) is 0 Å². The van der Waals surface area contributed by atoms with Gasteiger partial charge in [0, 0.05) is 24.8 Å². The highest BCUT2D eigenvalue weighted by Crippen LogP contribution is 2.24. The molecule has 1 fully saturated rings. The number of H-pyrrole nitrogens is 1. The van der Waals surface area contributed by atoms with Crippen LogP contribution in [0.15, 0.2) is 77.4 Å². The molecule has 1 aliphatic heterocycles. The summed E-state index contributed by atoms with van der Waals surface area (Å²) in [6.07, 6.45) is 1.78. The summed E-state index contributed by atoms with van der Waals surface area (Å²) in [5, 5.41) is 4.05. The van der Waals surface area contributed by atoms with Crippen LogP contribution >= 0.6 is 0 Å². The number of aromatic amines is 1. The third kappa shape index (κ3) is 4.48. The molecule has 0 atom stereocenters. The number of benzene rings is 2. The second kappa shape index (κ2) is 8.81. The Bertz CT molecular complexity index is 1360. The lowest BCUT2D eigenvalue weighted by Crippen LogP contribution is -2.53. The van der Waals surface area contributed by atoms with Crippen molar-refractivity contribution in [3.05, 3.63) is 83.5 Å². The summed E-state index contributed by atoms with van der Waals surface area (Å²) < 4.78 is 33.5. The largest absolute Gasteiger partial charge is 0.488 e. The van der Waals surface area contributed by atoms with E-state index in [0.29, 0.717) is 18.3 Å². The maximum atomic E-state index is 11.0. The first-order valence-corrected chi connectivity index (χ1v) is 11.2. The summed E-state index contributed by atoms with van der Waals surface area (Å²) in [7, 11) is -2.27. The number of rotatable bonds is 6. The fourth-order valence-corrected chi connectivity index (χ4v) is 3.89. The molecular weight excluding hydrogens is 428 g/mol. The monoisotopic (exact) mass is 448 g/mol. The molecule has 9 heteroatoms. The third-order valence-electron chi connectivity index (χ3n) is 5.24. The molecule has 4 aromatic rings. The van der Waals surface area contributed by atoms with Crippen LogP contribution in [0.3, 0.4) is 0 Å². The van der Waals surface area contributed by atoms with Crippen molar-refractivity contribution in [3.8, 4) is 28.3 Å². The van der Waals surface area contributed by atoms with Crippen LogP contribution in [-0.4, -0.2) is 47.6 Å². The third-order valence-corrected chi connectivity index (χ3v) is 5.85. The second-order valence-electron chi connectivity index (χ2n) is 7.51. The summed E-state index contributed by atoms with van der Waals surface area (Å²) in [5.41, 5.74) is 2.80. The van der Waals surface area contributed by atoms with Crippen molar-refractivity contribution in [1.29, 1.82) is 0 Å². The number of likely N-dealkylation sites (tertiary alicyclic amines) is 1. The van der Waals surface area contributed by atoms with Crippen LogP contribution < -0.4 is 4.74 Å². The first-order chi connectivity index (χ1) is 15.6. The Kier molecular flexibility index (Phi) is 5.57. The van der Waals surface area contributed by atoms with E-state index in [1.165, 1.54) is 6.07 Å². The maximum absolute atomic E-state index is 11.0. The van der Waals surface area contributed by atoms with E-state index in [4.69, 9.17) is 9.26 Å².